The predicted octanol–water partition coefficient (Wildman–Crippen LogP) is 2.51. The monoisotopic (exact) mass is 505 g/mol. The van der Waals surface area contributed by atoms with Crippen LogP contribution >= 0.6 is 0 Å². The second-order valence-corrected chi connectivity index (χ2v) is 10.5. The van der Waals surface area contributed by atoms with Gasteiger partial charge in [-0.25, -0.2) is 8.42 Å². The highest BCUT2D eigenvalue weighted by Gasteiger charge is 2.39. The molecule has 1 fully saturated rings. The number of nitrogens with zero attached hydrogens (tertiary/aromatic N) is 2. The molecule has 3 aromatic carbocycles. The zero-order valence-electron chi connectivity index (χ0n) is 19.8. The van der Waals surface area contributed by atoms with Crippen molar-refractivity contribution in [3.05, 3.63) is 102 Å². The van der Waals surface area contributed by atoms with Crippen molar-refractivity contribution in [1.82, 2.24) is 15.1 Å². The molecule has 3 aromatic rings. The molecule has 0 aliphatic carbocycles. The molecule has 0 bridgehead atoms. The van der Waals surface area contributed by atoms with E-state index in [4.69, 9.17) is 0 Å². The smallest absolute Gasteiger partial charge is 0.261 e. The van der Waals surface area contributed by atoms with Crippen LogP contribution in [0.1, 0.15) is 26.3 Å². The van der Waals surface area contributed by atoms with Crippen LogP contribution in [0, 0.1) is 6.92 Å². The summed E-state index contributed by atoms with van der Waals surface area (Å²) in [5.41, 5.74) is 1.70. The van der Waals surface area contributed by atoms with E-state index in [1.165, 1.54) is 17.0 Å². The molecule has 1 aliphatic heterocycles. The van der Waals surface area contributed by atoms with Crippen molar-refractivity contribution in [2.75, 3.05) is 26.2 Å². The molecule has 1 heterocycles. The fourth-order valence-electron chi connectivity index (χ4n) is 4.09. The summed E-state index contributed by atoms with van der Waals surface area (Å²) in [6, 6.07) is 23.0. The Labute approximate surface area is 210 Å². The minimum atomic E-state index is -4.23. The summed E-state index contributed by atoms with van der Waals surface area (Å²) in [6.45, 7) is 2.67. The zero-order chi connectivity index (χ0) is 25.7. The molecule has 36 heavy (non-hydrogen) atoms. The normalized spacial score (nSPS) is 14.7. The highest BCUT2D eigenvalue weighted by atomic mass is 32.2. The first-order valence-corrected chi connectivity index (χ1v) is 13.1. The maximum absolute atomic E-state index is 13.5. The van der Waals surface area contributed by atoms with Crippen molar-refractivity contribution < 1.29 is 22.8 Å². The summed E-state index contributed by atoms with van der Waals surface area (Å²) in [5, 5.41) is 0.638. The van der Waals surface area contributed by atoms with Gasteiger partial charge >= 0.3 is 0 Å². The Kier molecular flexibility index (Phi) is 7.49. The van der Waals surface area contributed by atoms with Crippen LogP contribution in [0.25, 0.3) is 0 Å². The van der Waals surface area contributed by atoms with E-state index < -0.39 is 27.0 Å². The molecule has 186 valence electrons. The summed E-state index contributed by atoms with van der Waals surface area (Å²) in [5.74, 6) is -1.53. The topological polar surface area (TPSA) is 104 Å². The third kappa shape index (κ3) is 5.31. The van der Waals surface area contributed by atoms with Crippen molar-refractivity contribution in [3.63, 3.8) is 0 Å². The van der Waals surface area contributed by atoms with Gasteiger partial charge in [-0.3, -0.25) is 14.4 Å². The molecule has 9 heteroatoms. The van der Waals surface area contributed by atoms with Gasteiger partial charge in [0.2, 0.25) is 15.2 Å². The molecule has 8 nitrogen and oxygen atoms in total. The Morgan fingerprint density at radius 1 is 0.750 bits per heavy atom. The number of sulfone groups is 1. The summed E-state index contributed by atoms with van der Waals surface area (Å²) in [6.07, 6.45) is 0. The van der Waals surface area contributed by atoms with Crippen molar-refractivity contribution in [2.24, 2.45) is 0 Å². The number of rotatable bonds is 6. The van der Waals surface area contributed by atoms with Crippen LogP contribution in [0.2, 0.25) is 0 Å². The van der Waals surface area contributed by atoms with Crippen LogP contribution in [-0.4, -0.2) is 67.5 Å². The standard InChI is InChI=1S/C27H27N3O5S/c1-20-10-8-9-15-23(20)26(32)29-16-18-30(19-17-29)27(33)25(28-24(31)21-11-4-2-5-12-21)36(34,35)22-13-6-3-7-14-22/h2-15,25H,16-19H2,1H3,(H,28,31)/t25-/m1/s1. The Morgan fingerprint density at radius 3 is 1.89 bits per heavy atom. The van der Waals surface area contributed by atoms with Crippen LogP contribution in [0.4, 0.5) is 0 Å². The molecular formula is C27H27N3O5S. The summed E-state index contributed by atoms with van der Waals surface area (Å²) < 4.78 is 26.9. The minimum absolute atomic E-state index is 0.0647. The Hall–Kier alpha value is -3.98. The molecule has 0 spiro atoms. The van der Waals surface area contributed by atoms with E-state index in [0.717, 1.165) is 5.56 Å². The second kappa shape index (κ2) is 10.7. The van der Waals surface area contributed by atoms with E-state index in [1.54, 1.807) is 65.6 Å². The van der Waals surface area contributed by atoms with Gasteiger partial charge in [-0.15, -0.1) is 0 Å². The quantitative estimate of drug-likeness (QED) is 0.555. The van der Waals surface area contributed by atoms with Crippen LogP contribution in [-0.2, 0) is 14.6 Å². The first-order valence-electron chi connectivity index (χ1n) is 11.6. The van der Waals surface area contributed by atoms with Crippen LogP contribution in [0.3, 0.4) is 0 Å². The first-order chi connectivity index (χ1) is 17.3. The molecule has 0 saturated carbocycles. The van der Waals surface area contributed by atoms with Gasteiger partial charge in [-0.2, -0.15) is 0 Å². The van der Waals surface area contributed by atoms with Gasteiger partial charge in [0.25, 0.3) is 17.7 Å². The lowest BCUT2D eigenvalue weighted by molar-refractivity contribution is -0.132. The average Bonchev–Trinajstić information content (AvgIpc) is 2.92. The zero-order valence-corrected chi connectivity index (χ0v) is 20.6. The Morgan fingerprint density at radius 2 is 1.28 bits per heavy atom. The second-order valence-electron chi connectivity index (χ2n) is 8.51. The van der Waals surface area contributed by atoms with E-state index in [-0.39, 0.29) is 42.5 Å². The fraction of sp³-hybridized carbons (Fsp3) is 0.222. The summed E-state index contributed by atoms with van der Waals surface area (Å²) in [4.78, 5) is 42.3. The number of hydrogen-bond acceptors (Lipinski definition) is 5. The van der Waals surface area contributed by atoms with E-state index in [0.29, 0.717) is 5.56 Å². The molecule has 3 amide bonds. The van der Waals surface area contributed by atoms with Gasteiger partial charge in [0.1, 0.15) is 0 Å². The van der Waals surface area contributed by atoms with Crippen LogP contribution < -0.4 is 5.32 Å². The molecule has 0 aromatic heterocycles. The summed E-state index contributed by atoms with van der Waals surface area (Å²) in [7, 11) is -4.23. The first kappa shape index (κ1) is 25.1. The number of piperazine rings is 1. The van der Waals surface area contributed by atoms with Crippen molar-refractivity contribution >= 4 is 27.6 Å². The lowest BCUT2D eigenvalue weighted by Gasteiger charge is -2.36. The van der Waals surface area contributed by atoms with E-state index in [2.05, 4.69) is 5.32 Å². The van der Waals surface area contributed by atoms with Gasteiger partial charge in [0.15, 0.2) is 0 Å². The third-order valence-corrected chi connectivity index (χ3v) is 8.03. The maximum Gasteiger partial charge on any atom is 0.261 e. The predicted molar refractivity (Wildman–Crippen MR) is 135 cm³/mol. The van der Waals surface area contributed by atoms with E-state index in [1.807, 2.05) is 19.1 Å². The molecule has 1 N–H and O–H groups in total. The van der Waals surface area contributed by atoms with Crippen molar-refractivity contribution in [1.29, 1.82) is 0 Å². The van der Waals surface area contributed by atoms with Crippen LogP contribution in [0.5, 0.6) is 0 Å². The Balaban J connectivity index is 1.54. The van der Waals surface area contributed by atoms with E-state index in [9.17, 15) is 22.8 Å². The van der Waals surface area contributed by atoms with Gasteiger partial charge < -0.3 is 15.1 Å². The lowest BCUT2D eigenvalue weighted by Crippen LogP contribution is -2.57. The van der Waals surface area contributed by atoms with Crippen LogP contribution in [0.15, 0.2) is 89.8 Å². The number of aryl methyl sites for hydroxylation is 1. The molecule has 1 saturated heterocycles. The number of hydrogen-bond donors (Lipinski definition) is 1. The third-order valence-electron chi connectivity index (χ3n) is 6.16. The Bertz CT molecular complexity index is 1350. The van der Waals surface area contributed by atoms with E-state index >= 15 is 0 Å². The molecule has 0 unspecified atom stereocenters. The number of benzene rings is 3. The fourth-order valence-corrected chi connectivity index (χ4v) is 5.57. The maximum atomic E-state index is 13.5. The number of carbonyl (C=O) groups is 3. The number of amides is 3. The van der Waals surface area contributed by atoms with Gasteiger partial charge in [0.05, 0.1) is 4.90 Å². The highest BCUT2D eigenvalue weighted by molar-refractivity contribution is 7.92. The SMILES string of the molecule is Cc1ccccc1C(=O)N1CCN(C(=O)[C@H](NC(=O)c2ccccc2)S(=O)(=O)c2ccccc2)CC1. The average molecular weight is 506 g/mol. The molecular weight excluding hydrogens is 478 g/mol. The van der Waals surface area contributed by atoms with Gasteiger partial charge in [0, 0.05) is 37.3 Å². The van der Waals surface area contributed by atoms with Crippen molar-refractivity contribution in [2.45, 2.75) is 17.2 Å². The molecule has 1 aliphatic rings. The van der Waals surface area contributed by atoms with Gasteiger partial charge in [-0.1, -0.05) is 54.6 Å². The largest absolute Gasteiger partial charge is 0.336 e. The number of nitrogens with one attached hydrogen (secondary N) is 1. The van der Waals surface area contributed by atoms with Gasteiger partial charge in [-0.05, 0) is 42.8 Å². The minimum Gasteiger partial charge on any atom is -0.336 e. The lowest BCUT2D eigenvalue weighted by atomic mass is 10.1. The highest BCUT2D eigenvalue weighted by Crippen LogP contribution is 2.19. The molecule has 4 rings (SSSR count). The van der Waals surface area contributed by atoms with Crippen molar-refractivity contribution in [3.8, 4) is 0 Å². The molecule has 0 radical (unpaired) electrons. The molecule has 1 atom stereocenters. The summed E-state index contributed by atoms with van der Waals surface area (Å²) >= 11 is 0. The number of carbonyl (C=O) groups excluding carboxylic acids is 3.